The molecule has 2 heteroatoms. The molecule has 0 spiro atoms. The maximum atomic E-state index is 5.66. The topological polar surface area (TPSA) is 21.3 Å². The van der Waals surface area contributed by atoms with Gasteiger partial charge in [-0.05, 0) is 37.9 Å². The van der Waals surface area contributed by atoms with Crippen LogP contribution in [0.4, 0.5) is 0 Å². The second-order valence-electron chi connectivity index (χ2n) is 4.75. The molecule has 0 aliphatic carbocycles. The van der Waals surface area contributed by atoms with Gasteiger partial charge in [0.05, 0.1) is 12.1 Å². The Morgan fingerprint density at radius 2 is 1.59 bits per heavy atom. The highest BCUT2D eigenvalue weighted by atomic mass is 16.5. The largest absolute Gasteiger partial charge is 0.377 e. The molecule has 0 heterocycles. The Hall–Kier alpha value is -0.860. The quantitative estimate of drug-likeness (QED) is 0.815. The first kappa shape index (κ1) is 14.2. The number of hydrogen-bond acceptors (Lipinski definition) is 2. The van der Waals surface area contributed by atoms with Crippen LogP contribution in [0.1, 0.15) is 50.8 Å². The van der Waals surface area contributed by atoms with Crippen molar-refractivity contribution in [2.75, 3.05) is 13.7 Å². The highest BCUT2D eigenvalue weighted by Crippen LogP contribution is 2.22. The maximum absolute atomic E-state index is 5.66. The Morgan fingerprint density at radius 1 is 1.06 bits per heavy atom. The highest BCUT2D eigenvalue weighted by molar-refractivity contribution is 5.27. The van der Waals surface area contributed by atoms with E-state index in [0.29, 0.717) is 5.92 Å². The molecule has 1 N–H and O–H groups in total. The number of likely N-dealkylation sites (N-methyl/N-ethyl adjacent to an activating group) is 1. The molecule has 96 valence electrons. The van der Waals surface area contributed by atoms with Crippen molar-refractivity contribution in [2.24, 2.45) is 0 Å². The average molecular weight is 235 g/mol. The Morgan fingerprint density at radius 3 is 2.00 bits per heavy atom. The third-order valence-electron chi connectivity index (χ3n) is 3.17. The van der Waals surface area contributed by atoms with Gasteiger partial charge < -0.3 is 10.1 Å². The van der Waals surface area contributed by atoms with Gasteiger partial charge in [-0.15, -0.1) is 0 Å². The summed E-state index contributed by atoms with van der Waals surface area (Å²) in [6.07, 6.45) is 0.190. The Balaban J connectivity index is 2.82. The molecule has 0 aliphatic rings. The van der Waals surface area contributed by atoms with Crippen LogP contribution in [0.2, 0.25) is 0 Å². The van der Waals surface area contributed by atoms with Crippen LogP contribution in [-0.2, 0) is 4.74 Å². The normalized spacial score (nSPS) is 14.9. The van der Waals surface area contributed by atoms with Crippen molar-refractivity contribution in [1.82, 2.24) is 5.32 Å². The van der Waals surface area contributed by atoms with E-state index in [1.165, 1.54) is 11.1 Å². The molecule has 2 atom stereocenters. The van der Waals surface area contributed by atoms with Crippen molar-refractivity contribution in [3.05, 3.63) is 35.4 Å². The first-order valence-electron chi connectivity index (χ1n) is 6.48. The van der Waals surface area contributed by atoms with Gasteiger partial charge in [0.25, 0.3) is 0 Å². The Kier molecular flexibility index (Phi) is 5.66. The summed E-state index contributed by atoms with van der Waals surface area (Å²) in [6.45, 7) is 9.33. The molecule has 17 heavy (non-hydrogen) atoms. The third kappa shape index (κ3) is 3.83. The van der Waals surface area contributed by atoms with E-state index in [4.69, 9.17) is 4.74 Å². The van der Waals surface area contributed by atoms with Gasteiger partial charge in [0.15, 0.2) is 0 Å². The fourth-order valence-electron chi connectivity index (χ4n) is 2.12. The van der Waals surface area contributed by atoms with Gasteiger partial charge in [-0.1, -0.05) is 38.1 Å². The molecule has 0 saturated heterocycles. The summed E-state index contributed by atoms with van der Waals surface area (Å²) in [5.41, 5.74) is 2.67. The predicted octanol–water partition coefficient (Wildman–Crippen LogP) is 3.50. The summed E-state index contributed by atoms with van der Waals surface area (Å²) in [5.74, 6) is 0.585. The number of benzene rings is 1. The lowest BCUT2D eigenvalue weighted by atomic mass is 9.97. The van der Waals surface area contributed by atoms with Crippen molar-refractivity contribution in [2.45, 2.75) is 45.8 Å². The van der Waals surface area contributed by atoms with Crippen LogP contribution in [0.5, 0.6) is 0 Å². The fourth-order valence-corrected chi connectivity index (χ4v) is 2.12. The molecular weight excluding hydrogens is 210 g/mol. The smallest absolute Gasteiger partial charge is 0.0741 e. The summed E-state index contributed by atoms with van der Waals surface area (Å²) >= 11 is 0. The number of nitrogens with one attached hydrogen (secondary N) is 1. The van der Waals surface area contributed by atoms with Gasteiger partial charge in [0, 0.05) is 6.61 Å². The van der Waals surface area contributed by atoms with Gasteiger partial charge >= 0.3 is 0 Å². The zero-order chi connectivity index (χ0) is 12.8. The van der Waals surface area contributed by atoms with Crippen LogP contribution in [0.3, 0.4) is 0 Å². The van der Waals surface area contributed by atoms with Crippen LogP contribution in [0, 0.1) is 0 Å². The summed E-state index contributed by atoms with van der Waals surface area (Å²) < 4.78 is 5.66. The molecule has 2 unspecified atom stereocenters. The lowest BCUT2D eigenvalue weighted by Gasteiger charge is -2.24. The molecule has 1 rings (SSSR count). The Bertz CT molecular complexity index is 318. The van der Waals surface area contributed by atoms with Gasteiger partial charge in [0.2, 0.25) is 0 Å². The first-order chi connectivity index (χ1) is 8.10. The van der Waals surface area contributed by atoms with Crippen molar-refractivity contribution >= 4 is 0 Å². The van der Waals surface area contributed by atoms with Crippen molar-refractivity contribution in [3.8, 4) is 0 Å². The minimum atomic E-state index is 0.190. The van der Waals surface area contributed by atoms with Crippen molar-refractivity contribution in [1.29, 1.82) is 0 Å². The zero-order valence-corrected chi connectivity index (χ0v) is 11.7. The van der Waals surface area contributed by atoms with Gasteiger partial charge in [-0.3, -0.25) is 0 Å². The SMILES string of the molecule is CCOC(C)C(NC)c1ccc(C(C)C)cc1. The van der Waals surface area contributed by atoms with E-state index in [1.54, 1.807) is 0 Å². The van der Waals surface area contributed by atoms with Crippen LogP contribution in [-0.4, -0.2) is 19.8 Å². The maximum Gasteiger partial charge on any atom is 0.0741 e. The number of rotatable bonds is 6. The highest BCUT2D eigenvalue weighted by Gasteiger charge is 2.17. The minimum Gasteiger partial charge on any atom is -0.377 e. The monoisotopic (exact) mass is 235 g/mol. The van der Waals surface area contributed by atoms with Crippen LogP contribution < -0.4 is 5.32 Å². The molecule has 0 saturated carbocycles. The lowest BCUT2D eigenvalue weighted by molar-refractivity contribution is 0.0493. The van der Waals surface area contributed by atoms with E-state index in [1.807, 2.05) is 14.0 Å². The van der Waals surface area contributed by atoms with Crippen molar-refractivity contribution in [3.63, 3.8) is 0 Å². The molecule has 0 bridgehead atoms. The standard InChI is InChI=1S/C15H25NO/c1-6-17-12(4)15(16-5)14-9-7-13(8-10-14)11(2)3/h7-12,15-16H,6H2,1-5H3. The molecule has 1 aromatic rings. The zero-order valence-electron chi connectivity index (χ0n) is 11.7. The first-order valence-corrected chi connectivity index (χ1v) is 6.48. The third-order valence-corrected chi connectivity index (χ3v) is 3.17. The Labute approximate surface area is 105 Å². The van der Waals surface area contributed by atoms with E-state index in [-0.39, 0.29) is 12.1 Å². The van der Waals surface area contributed by atoms with Gasteiger partial charge in [0.1, 0.15) is 0 Å². The molecule has 2 nitrogen and oxygen atoms in total. The van der Waals surface area contributed by atoms with Gasteiger partial charge in [-0.25, -0.2) is 0 Å². The molecular formula is C15H25NO. The molecule has 0 amide bonds. The van der Waals surface area contributed by atoms with Crippen LogP contribution in [0.15, 0.2) is 24.3 Å². The van der Waals surface area contributed by atoms with E-state index in [9.17, 15) is 0 Å². The molecule has 0 aliphatic heterocycles. The van der Waals surface area contributed by atoms with E-state index < -0.39 is 0 Å². The second kappa shape index (κ2) is 6.77. The lowest BCUT2D eigenvalue weighted by Crippen LogP contribution is -2.29. The average Bonchev–Trinajstić information content (AvgIpc) is 2.31. The summed E-state index contributed by atoms with van der Waals surface area (Å²) in [5, 5.41) is 3.33. The molecule has 1 aromatic carbocycles. The number of hydrogen-bond donors (Lipinski definition) is 1. The summed E-state index contributed by atoms with van der Waals surface area (Å²) in [4.78, 5) is 0. The summed E-state index contributed by atoms with van der Waals surface area (Å²) in [7, 11) is 1.98. The summed E-state index contributed by atoms with van der Waals surface area (Å²) in [6, 6.07) is 9.08. The van der Waals surface area contributed by atoms with E-state index >= 15 is 0 Å². The van der Waals surface area contributed by atoms with Crippen LogP contribution >= 0.6 is 0 Å². The molecule has 0 radical (unpaired) electrons. The minimum absolute atomic E-state index is 0.190. The molecule has 0 fully saturated rings. The van der Waals surface area contributed by atoms with Gasteiger partial charge in [-0.2, -0.15) is 0 Å². The van der Waals surface area contributed by atoms with Crippen molar-refractivity contribution < 1.29 is 4.74 Å². The van der Waals surface area contributed by atoms with Crippen LogP contribution in [0.25, 0.3) is 0 Å². The number of ether oxygens (including phenoxy) is 1. The predicted molar refractivity (Wildman–Crippen MR) is 73.4 cm³/mol. The van der Waals surface area contributed by atoms with E-state index in [0.717, 1.165) is 6.61 Å². The molecule has 0 aromatic heterocycles. The van der Waals surface area contributed by atoms with E-state index in [2.05, 4.69) is 50.4 Å². The second-order valence-corrected chi connectivity index (χ2v) is 4.75. The fraction of sp³-hybridized carbons (Fsp3) is 0.600.